The second-order valence-electron chi connectivity index (χ2n) is 5.33. The number of hydrogen-bond donors (Lipinski definition) is 2. The molecule has 108 valence electrons. The molecule has 0 spiro atoms. The summed E-state index contributed by atoms with van der Waals surface area (Å²) in [6.45, 7) is 1.99. The minimum Gasteiger partial charge on any atom is -0.465 e. The standard InChI is InChI=1S/C14H18N2O4/c1-9-5-14(6-9,8-17)16-12(18)11-4-3-10(7-15-11)13(19)20-2/h3-4,7,9,17H,5-6,8H2,1-2H3,(H,16,18). The Morgan fingerprint density at radius 2 is 2.20 bits per heavy atom. The topological polar surface area (TPSA) is 88.5 Å². The minimum atomic E-state index is -0.529. The van der Waals surface area contributed by atoms with Gasteiger partial charge in [-0.15, -0.1) is 0 Å². The van der Waals surface area contributed by atoms with E-state index in [0.717, 1.165) is 12.8 Å². The van der Waals surface area contributed by atoms with Gasteiger partial charge in [0.1, 0.15) is 5.69 Å². The molecule has 6 nitrogen and oxygen atoms in total. The van der Waals surface area contributed by atoms with Gasteiger partial charge in [-0.25, -0.2) is 4.79 Å². The number of aromatic nitrogens is 1. The van der Waals surface area contributed by atoms with E-state index in [0.29, 0.717) is 5.92 Å². The Morgan fingerprint density at radius 3 is 2.65 bits per heavy atom. The monoisotopic (exact) mass is 278 g/mol. The van der Waals surface area contributed by atoms with Crippen LogP contribution in [0.1, 0.15) is 40.6 Å². The molecule has 1 amide bonds. The van der Waals surface area contributed by atoms with Crippen LogP contribution in [0.25, 0.3) is 0 Å². The fourth-order valence-electron chi connectivity index (χ4n) is 2.62. The molecule has 0 bridgehead atoms. The fraction of sp³-hybridized carbons (Fsp3) is 0.500. The zero-order valence-electron chi connectivity index (χ0n) is 11.5. The third-order valence-corrected chi connectivity index (χ3v) is 3.58. The Labute approximate surface area is 117 Å². The van der Waals surface area contributed by atoms with Gasteiger partial charge in [0.05, 0.1) is 24.8 Å². The molecular formula is C14H18N2O4. The Hall–Kier alpha value is -1.95. The lowest BCUT2D eigenvalue weighted by atomic mass is 9.69. The summed E-state index contributed by atoms with van der Waals surface area (Å²) in [5.41, 5.74) is -0.0256. The van der Waals surface area contributed by atoms with Gasteiger partial charge in [-0.1, -0.05) is 6.92 Å². The number of nitrogens with one attached hydrogen (secondary N) is 1. The van der Waals surface area contributed by atoms with Gasteiger partial charge in [0, 0.05) is 6.20 Å². The molecule has 1 saturated carbocycles. The highest BCUT2D eigenvalue weighted by atomic mass is 16.5. The molecule has 0 saturated heterocycles. The van der Waals surface area contributed by atoms with Crippen molar-refractivity contribution in [2.75, 3.05) is 13.7 Å². The number of pyridine rings is 1. The smallest absolute Gasteiger partial charge is 0.339 e. The van der Waals surface area contributed by atoms with Crippen LogP contribution in [0, 0.1) is 5.92 Å². The number of methoxy groups -OCH3 is 1. The predicted octanol–water partition coefficient (Wildman–Crippen LogP) is 0.759. The van der Waals surface area contributed by atoms with Crippen LogP contribution in [0.5, 0.6) is 0 Å². The first-order valence-corrected chi connectivity index (χ1v) is 6.47. The SMILES string of the molecule is COC(=O)c1ccc(C(=O)NC2(CO)CC(C)C2)nc1. The number of carbonyl (C=O) groups is 2. The average molecular weight is 278 g/mol. The van der Waals surface area contributed by atoms with Crippen LogP contribution in [0.15, 0.2) is 18.3 Å². The molecule has 0 radical (unpaired) electrons. The second-order valence-corrected chi connectivity index (χ2v) is 5.33. The summed E-state index contributed by atoms with van der Waals surface area (Å²) < 4.78 is 4.56. The normalized spacial score (nSPS) is 24.6. The number of aliphatic hydroxyl groups excluding tert-OH is 1. The maximum absolute atomic E-state index is 12.1. The van der Waals surface area contributed by atoms with E-state index in [2.05, 4.69) is 22.0 Å². The average Bonchev–Trinajstić information content (AvgIpc) is 2.44. The van der Waals surface area contributed by atoms with Crippen molar-refractivity contribution in [1.82, 2.24) is 10.3 Å². The summed E-state index contributed by atoms with van der Waals surface area (Å²) in [6, 6.07) is 2.96. The quantitative estimate of drug-likeness (QED) is 0.794. The van der Waals surface area contributed by atoms with Crippen LogP contribution in [-0.4, -0.2) is 41.2 Å². The van der Waals surface area contributed by atoms with Crippen LogP contribution in [0.2, 0.25) is 0 Å². The lowest BCUT2D eigenvalue weighted by Crippen LogP contribution is -2.59. The summed E-state index contributed by atoms with van der Waals surface area (Å²) in [5, 5.41) is 12.2. The molecule has 1 aromatic heterocycles. The summed E-state index contributed by atoms with van der Waals surface area (Å²) in [7, 11) is 1.28. The Balaban J connectivity index is 2.04. The molecule has 2 rings (SSSR count). The molecule has 1 aliphatic carbocycles. The van der Waals surface area contributed by atoms with Gasteiger partial charge in [-0.05, 0) is 30.9 Å². The van der Waals surface area contributed by atoms with Gasteiger partial charge in [0.2, 0.25) is 0 Å². The van der Waals surface area contributed by atoms with Crippen molar-refractivity contribution < 1.29 is 19.4 Å². The molecule has 6 heteroatoms. The number of rotatable bonds is 4. The third-order valence-electron chi connectivity index (χ3n) is 3.58. The first-order valence-electron chi connectivity index (χ1n) is 6.47. The van der Waals surface area contributed by atoms with E-state index in [4.69, 9.17) is 0 Å². The Bertz CT molecular complexity index is 506. The lowest BCUT2D eigenvalue weighted by Gasteiger charge is -2.45. The molecule has 0 aromatic carbocycles. The first-order chi connectivity index (χ1) is 9.49. The van der Waals surface area contributed by atoms with E-state index < -0.39 is 11.5 Å². The summed E-state index contributed by atoms with van der Waals surface area (Å²) in [4.78, 5) is 27.3. The number of hydrogen-bond acceptors (Lipinski definition) is 5. The molecule has 1 fully saturated rings. The van der Waals surface area contributed by atoms with Crippen molar-refractivity contribution in [2.24, 2.45) is 5.92 Å². The fourth-order valence-corrected chi connectivity index (χ4v) is 2.62. The van der Waals surface area contributed by atoms with Crippen LogP contribution >= 0.6 is 0 Å². The van der Waals surface area contributed by atoms with Gasteiger partial charge in [0.25, 0.3) is 5.91 Å². The molecule has 0 atom stereocenters. The molecule has 1 aliphatic rings. The van der Waals surface area contributed by atoms with Crippen LogP contribution < -0.4 is 5.32 Å². The van der Waals surface area contributed by atoms with Crippen molar-refractivity contribution >= 4 is 11.9 Å². The van der Waals surface area contributed by atoms with E-state index in [-0.39, 0.29) is 23.8 Å². The van der Waals surface area contributed by atoms with Crippen molar-refractivity contribution in [3.8, 4) is 0 Å². The molecular weight excluding hydrogens is 260 g/mol. The van der Waals surface area contributed by atoms with Crippen LogP contribution in [0.4, 0.5) is 0 Å². The summed E-state index contributed by atoms with van der Waals surface area (Å²) >= 11 is 0. The van der Waals surface area contributed by atoms with Gasteiger partial charge in [-0.2, -0.15) is 0 Å². The Kier molecular flexibility index (Phi) is 4.04. The second kappa shape index (κ2) is 5.58. The lowest BCUT2D eigenvalue weighted by molar-refractivity contribution is 0.0404. The molecule has 0 unspecified atom stereocenters. The summed E-state index contributed by atoms with van der Waals surface area (Å²) in [6.07, 6.45) is 2.82. The van der Waals surface area contributed by atoms with Crippen LogP contribution in [-0.2, 0) is 4.74 Å². The zero-order chi connectivity index (χ0) is 14.8. The van der Waals surface area contributed by atoms with E-state index in [1.54, 1.807) is 0 Å². The first kappa shape index (κ1) is 14.5. The third kappa shape index (κ3) is 2.80. The highest BCUT2D eigenvalue weighted by Crippen LogP contribution is 2.37. The number of aliphatic hydroxyl groups is 1. The molecule has 0 aliphatic heterocycles. The predicted molar refractivity (Wildman–Crippen MR) is 71.3 cm³/mol. The number of nitrogens with zero attached hydrogens (tertiary/aromatic N) is 1. The van der Waals surface area contributed by atoms with Gasteiger partial charge < -0.3 is 15.2 Å². The van der Waals surface area contributed by atoms with E-state index >= 15 is 0 Å². The van der Waals surface area contributed by atoms with Crippen LogP contribution in [0.3, 0.4) is 0 Å². The number of esters is 1. The molecule has 20 heavy (non-hydrogen) atoms. The minimum absolute atomic E-state index is 0.0800. The van der Waals surface area contributed by atoms with Crippen molar-refractivity contribution in [3.05, 3.63) is 29.6 Å². The van der Waals surface area contributed by atoms with Gasteiger partial charge in [0.15, 0.2) is 0 Å². The molecule has 1 heterocycles. The highest BCUT2D eigenvalue weighted by molar-refractivity contribution is 5.94. The van der Waals surface area contributed by atoms with Crippen molar-refractivity contribution in [2.45, 2.75) is 25.3 Å². The Morgan fingerprint density at radius 1 is 1.50 bits per heavy atom. The summed E-state index contributed by atoms with van der Waals surface area (Å²) in [5.74, 6) is -0.344. The number of carbonyl (C=O) groups excluding carboxylic acids is 2. The largest absolute Gasteiger partial charge is 0.465 e. The van der Waals surface area contributed by atoms with Gasteiger partial charge >= 0.3 is 5.97 Å². The van der Waals surface area contributed by atoms with E-state index in [1.165, 1.54) is 25.4 Å². The number of amides is 1. The molecule has 1 aromatic rings. The van der Waals surface area contributed by atoms with Crippen molar-refractivity contribution in [1.29, 1.82) is 0 Å². The molecule has 2 N–H and O–H groups in total. The van der Waals surface area contributed by atoms with E-state index in [9.17, 15) is 14.7 Å². The maximum Gasteiger partial charge on any atom is 0.339 e. The van der Waals surface area contributed by atoms with Crippen molar-refractivity contribution in [3.63, 3.8) is 0 Å². The number of ether oxygens (including phenoxy) is 1. The highest BCUT2D eigenvalue weighted by Gasteiger charge is 2.42. The zero-order valence-corrected chi connectivity index (χ0v) is 11.5. The van der Waals surface area contributed by atoms with Gasteiger partial charge in [-0.3, -0.25) is 9.78 Å². The van der Waals surface area contributed by atoms with E-state index in [1.807, 2.05) is 0 Å². The maximum atomic E-state index is 12.1.